The summed E-state index contributed by atoms with van der Waals surface area (Å²) in [6, 6.07) is 2.73. The molecule has 1 aliphatic heterocycles. The highest BCUT2D eigenvalue weighted by atomic mass is 16.7. The molecule has 1 heterocycles. The van der Waals surface area contributed by atoms with Gasteiger partial charge >= 0.3 is 11.7 Å². The van der Waals surface area contributed by atoms with Crippen LogP contribution in [-0.4, -0.2) is 58.7 Å². The van der Waals surface area contributed by atoms with Crippen molar-refractivity contribution < 1.29 is 28.7 Å². The summed E-state index contributed by atoms with van der Waals surface area (Å²) in [6.07, 6.45) is 1.32. The van der Waals surface area contributed by atoms with E-state index in [2.05, 4.69) is 0 Å². The van der Waals surface area contributed by atoms with Gasteiger partial charge in [-0.05, 0) is 12.8 Å². The molecule has 144 valence electrons. The predicted molar refractivity (Wildman–Crippen MR) is 93.7 cm³/mol. The molecule has 26 heavy (non-hydrogen) atoms. The van der Waals surface area contributed by atoms with Crippen molar-refractivity contribution in [2.75, 3.05) is 46.4 Å². The van der Waals surface area contributed by atoms with Crippen molar-refractivity contribution in [3.05, 3.63) is 27.8 Å². The lowest BCUT2D eigenvalue weighted by Gasteiger charge is -2.36. The highest BCUT2D eigenvalue weighted by Gasteiger charge is 2.30. The fraction of sp³-hybridized carbons (Fsp3) is 0.588. The summed E-state index contributed by atoms with van der Waals surface area (Å²) in [5.74, 6) is -0.284. The number of nitro benzene ring substituents is 1. The highest BCUT2D eigenvalue weighted by Crippen LogP contribution is 2.37. The molecule has 9 nitrogen and oxygen atoms in total. The minimum Gasteiger partial charge on any atom is -0.490 e. The molecule has 0 unspecified atom stereocenters. The third-order valence-corrected chi connectivity index (χ3v) is 4.63. The number of ether oxygens (including phenoxy) is 4. The average Bonchev–Trinajstić information content (AvgIpc) is 2.67. The average molecular weight is 368 g/mol. The lowest BCUT2D eigenvalue weighted by atomic mass is 9.95. The number of hydrogen-bond acceptors (Lipinski definition) is 8. The molecule has 1 aromatic rings. The van der Waals surface area contributed by atoms with Gasteiger partial charge in [0.1, 0.15) is 0 Å². The van der Waals surface area contributed by atoms with E-state index < -0.39 is 10.9 Å². The number of esters is 1. The van der Waals surface area contributed by atoms with Crippen molar-refractivity contribution in [2.45, 2.75) is 19.1 Å². The SMILES string of the molecule is COC(=O)c1cc([N+](=O)[O-])c(OC)cc1N1CCC(C(OC)OC)CC1. The van der Waals surface area contributed by atoms with Gasteiger partial charge in [-0.3, -0.25) is 10.1 Å². The summed E-state index contributed by atoms with van der Waals surface area (Å²) >= 11 is 0. The molecule has 0 saturated carbocycles. The quantitative estimate of drug-likeness (QED) is 0.313. The van der Waals surface area contributed by atoms with Crippen LogP contribution in [0.1, 0.15) is 23.2 Å². The zero-order valence-corrected chi connectivity index (χ0v) is 15.4. The Kier molecular flexibility index (Phi) is 6.76. The van der Waals surface area contributed by atoms with Crippen molar-refractivity contribution >= 4 is 17.3 Å². The maximum Gasteiger partial charge on any atom is 0.340 e. The highest BCUT2D eigenvalue weighted by molar-refractivity contribution is 5.97. The molecule has 1 aliphatic rings. The molecule has 1 saturated heterocycles. The molecule has 1 aromatic carbocycles. The van der Waals surface area contributed by atoms with Gasteiger partial charge in [0.25, 0.3) is 0 Å². The molecule has 0 amide bonds. The third kappa shape index (κ3) is 4.05. The minimum atomic E-state index is -0.625. The van der Waals surface area contributed by atoms with Crippen LogP contribution in [0.5, 0.6) is 5.75 Å². The van der Waals surface area contributed by atoms with Crippen LogP contribution < -0.4 is 9.64 Å². The number of rotatable bonds is 7. The van der Waals surface area contributed by atoms with Crippen LogP contribution in [0, 0.1) is 16.0 Å². The Balaban J connectivity index is 2.33. The monoisotopic (exact) mass is 368 g/mol. The number of methoxy groups -OCH3 is 4. The number of anilines is 1. The van der Waals surface area contributed by atoms with Gasteiger partial charge in [-0.25, -0.2) is 4.79 Å². The molecule has 9 heteroatoms. The van der Waals surface area contributed by atoms with Crippen LogP contribution in [0.15, 0.2) is 12.1 Å². The first-order valence-electron chi connectivity index (χ1n) is 8.22. The standard InChI is InChI=1S/C17H24N2O7/c1-23-15-10-13(12(16(20)24-2)9-14(15)19(21)22)18-7-5-11(6-8-18)17(25-3)26-4/h9-11,17H,5-8H2,1-4H3. The van der Waals surface area contributed by atoms with Gasteiger partial charge in [-0.2, -0.15) is 0 Å². The second-order valence-electron chi connectivity index (χ2n) is 5.95. The summed E-state index contributed by atoms with van der Waals surface area (Å²) in [7, 11) is 5.82. The molecule has 0 aromatic heterocycles. The first-order chi connectivity index (χ1) is 12.5. The number of carbonyl (C=O) groups is 1. The molecular formula is C17H24N2O7. The summed E-state index contributed by atoms with van der Waals surface area (Å²) in [4.78, 5) is 24.8. The van der Waals surface area contributed by atoms with E-state index in [1.165, 1.54) is 26.4 Å². The van der Waals surface area contributed by atoms with Crippen molar-refractivity contribution in [1.29, 1.82) is 0 Å². The van der Waals surface area contributed by atoms with Gasteiger partial charge in [0.05, 0.1) is 30.4 Å². The number of carbonyl (C=O) groups excluding carboxylic acids is 1. The van der Waals surface area contributed by atoms with Gasteiger partial charge in [-0.1, -0.05) is 0 Å². The number of nitrogens with zero attached hydrogens (tertiary/aromatic N) is 2. The molecule has 2 rings (SSSR count). The molecule has 0 N–H and O–H groups in total. The Morgan fingerprint density at radius 1 is 1.19 bits per heavy atom. The summed E-state index contributed by atoms with van der Waals surface area (Å²) < 4.78 is 20.6. The molecule has 0 bridgehead atoms. The third-order valence-electron chi connectivity index (χ3n) is 4.63. The maximum atomic E-state index is 12.2. The van der Waals surface area contributed by atoms with E-state index in [0.717, 1.165) is 12.8 Å². The van der Waals surface area contributed by atoms with Crippen LogP contribution in [0.3, 0.4) is 0 Å². The van der Waals surface area contributed by atoms with Gasteiger partial charge in [-0.15, -0.1) is 0 Å². The first-order valence-corrected chi connectivity index (χ1v) is 8.22. The Labute approximate surface area is 151 Å². The number of nitro groups is 1. The van der Waals surface area contributed by atoms with Crippen molar-refractivity contribution in [1.82, 2.24) is 0 Å². The lowest BCUT2D eigenvalue weighted by molar-refractivity contribution is -0.385. The van der Waals surface area contributed by atoms with E-state index in [1.54, 1.807) is 14.2 Å². The molecule has 0 radical (unpaired) electrons. The number of piperidine rings is 1. The maximum absolute atomic E-state index is 12.2. The normalized spacial score (nSPS) is 15.2. The zero-order chi connectivity index (χ0) is 19.3. The topological polar surface area (TPSA) is 100 Å². The van der Waals surface area contributed by atoms with E-state index >= 15 is 0 Å². The number of benzene rings is 1. The first kappa shape index (κ1) is 19.9. The van der Waals surface area contributed by atoms with E-state index in [1.807, 2.05) is 4.90 Å². The molecule has 0 spiro atoms. The van der Waals surface area contributed by atoms with Gasteiger partial charge in [0.2, 0.25) is 0 Å². The van der Waals surface area contributed by atoms with E-state index in [9.17, 15) is 14.9 Å². The fourth-order valence-corrected chi connectivity index (χ4v) is 3.29. The molecular weight excluding hydrogens is 344 g/mol. The predicted octanol–water partition coefficient (Wildman–Crippen LogP) is 2.23. The van der Waals surface area contributed by atoms with Crippen LogP contribution >= 0.6 is 0 Å². The van der Waals surface area contributed by atoms with Crippen LogP contribution in [0.4, 0.5) is 11.4 Å². The second kappa shape index (κ2) is 8.81. The van der Waals surface area contributed by atoms with Crippen molar-refractivity contribution in [3.63, 3.8) is 0 Å². The Bertz CT molecular complexity index is 653. The summed E-state index contributed by atoms with van der Waals surface area (Å²) in [5, 5.41) is 11.2. The molecule has 0 aliphatic carbocycles. The van der Waals surface area contributed by atoms with Crippen LogP contribution in [-0.2, 0) is 14.2 Å². The van der Waals surface area contributed by atoms with Gasteiger partial charge in [0.15, 0.2) is 12.0 Å². The smallest absolute Gasteiger partial charge is 0.340 e. The molecule has 0 atom stereocenters. The fourth-order valence-electron chi connectivity index (χ4n) is 3.29. The number of hydrogen-bond donors (Lipinski definition) is 0. The largest absolute Gasteiger partial charge is 0.490 e. The van der Waals surface area contributed by atoms with Crippen LogP contribution in [0.2, 0.25) is 0 Å². The van der Waals surface area contributed by atoms with Gasteiger partial charge < -0.3 is 23.8 Å². The lowest BCUT2D eigenvalue weighted by Crippen LogP contribution is -2.39. The van der Waals surface area contributed by atoms with E-state index in [0.29, 0.717) is 18.8 Å². The molecule has 1 fully saturated rings. The minimum absolute atomic E-state index is 0.103. The zero-order valence-electron chi connectivity index (χ0n) is 15.4. The Hall–Kier alpha value is -2.39. The van der Waals surface area contributed by atoms with Gasteiger partial charge in [0, 0.05) is 45.4 Å². The van der Waals surface area contributed by atoms with E-state index in [-0.39, 0.29) is 29.2 Å². The summed E-state index contributed by atoms with van der Waals surface area (Å²) in [5.41, 5.74) is 0.433. The summed E-state index contributed by atoms with van der Waals surface area (Å²) in [6.45, 7) is 1.30. The Morgan fingerprint density at radius 3 is 2.27 bits per heavy atom. The van der Waals surface area contributed by atoms with Crippen molar-refractivity contribution in [2.24, 2.45) is 5.92 Å². The second-order valence-corrected chi connectivity index (χ2v) is 5.95. The van der Waals surface area contributed by atoms with Crippen LogP contribution in [0.25, 0.3) is 0 Å². The van der Waals surface area contributed by atoms with E-state index in [4.69, 9.17) is 18.9 Å². The van der Waals surface area contributed by atoms with Crippen molar-refractivity contribution in [3.8, 4) is 5.75 Å². The Morgan fingerprint density at radius 2 is 1.81 bits per heavy atom.